The summed E-state index contributed by atoms with van der Waals surface area (Å²) in [7, 11) is 0. The van der Waals surface area contributed by atoms with Gasteiger partial charge in [0.05, 0.1) is 5.75 Å². The fourth-order valence-electron chi connectivity index (χ4n) is 0.971. The molecule has 0 heterocycles. The summed E-state index contributed by atoms with van der Waals surface area (Å²) in [5, 5.41) is 0. The number of hydrazine groups is 1. The quantitative estimate of drug-likeness (QED) is 0.422. The number of nitrogens with one attached hydrogen (secondary N) is 2. The standard InChI is InChI=1S/C10H12FN3O2S/c1-6(15)13-14-10(16)5-17-9-3-2-7(12)4-8(9)11/h2-4H,5,12H2,1H3,(H,13,15)(H,14,16). The minimum absolute atomic E-state index is 0.00111. The summed E-state index contributed by atoms with van der Waals surface area (Å²) in [5.74, 6) is -1.26. The molecule has 0 aliphatic carbocycles. The molecule has 1 rings (SSSR count). The van der Waals surface area contributed by atoms with E-state index in [-0.39, 0.29) is 11.7 Å². The van der Waals surface area contributed by atoms with Crippen molar-refractivity contribution in [3.63, 3.8) is 0 Å². The van der Waals surface area contributed by atoms with E-state index in [9.17, 15) is 14.0 Å². The molecule has 0 atom stereocenters. The first-order valence-corrected chi connectivity index (χ1v) is 5.71. The molecule has 0 fully saturated rings. The molecule has 0 saturated carbocycles. The highest BCUT2D eigenvalue weighted by atomic mass is 32.2. The van der Waals surface area contributed by atoms with Crippen LogP contribution in [0, 0.1) is 5.82 Å². The van der Waals surface area contributed by atoms with Gasteiger partial charge in [0, 0.05) is 17.5 Å². The van der Waals surface area contributed by atoms with Gasteiger partial charge in [0.15, 0.2) is 0 Å². The van der Waals surface area contributed by atoms with Crippen LogP contribution in [0.3, 0.4) is 0 Å². The number of benzene rings is 1. The van der Waals surface area contributed by atoms with Crippen molar-refractivity contribution >= 4 is 29.3 Å². The Balaban J connectivity index is 2.44. The van der Waals surface area contributed by atoms with Crippen LogP contribution in [0.1, 0.15) is 6.92 Å². The lowest BCUT2D eigenvalue weighted by molar-refractivity contribution is -0.126. The summed E-state index contributed by atoms with van der Waals surface area (Å²) < 4.78 is 13.3. The Morgan fingerprint density at radius 2 is 2.12 bits per heavy atom. The zero-order chi connectivity index (χ0) is 12.8. The SMILES string of the molecule is CC(=O)NNC(=O)CSc1ccc(N)cc1F. The van der Waals surface area contributed by atoms with Gasteiger partial charge in [0.25, 0.3) is 0 Å². The molecular formula is C10H12FN3O2S. The molecule has 4 N–H and O–H groups in total. The monoisotopic (exact) mass is 257 g/mol. The van der Waals surface area contributed by atoms with Gasteiger partial charge in [-0.3, -0.25) is 20.4 Å². The molecule has 0 bridgehead atoms. The summed E-state index contributed by atoms with van der Waals surface area (Å²) in [6.45, 7) is 1.27. The lowest BCUT2D eigenvalue weighted by atomic mass is 10.3. The number of carbonyl (C=O) groups excluding carboxylic acids is 2. The number of halogens is 1. The number of thioether (sulfide) groups is 1. The Labute approximate surface area is 102 Å². The molecule has 0 aliphatic heterocycles. The third-order valence-electron chi connectivity index (χ3n) is 1.69. The van der Waals surface area contributed by atoms with Gasteiger partial charge in [-0.25, -0.2) is 4.39 Å². The third-order valence-corrected chi connectivity index (χ3v) is 2.74. The summed E-state index contributed by atoms with van der Waals surface area (Å²) >= 11 is 1.02. The van der Waals surface area contributed by atoms with Crippen LogP contribution in [0.25, 0.3) is 0 Å². The van der Waals surface area contributed by atoms with Crippen LogP contribution in [-0.4, -0.2) is 17.6 Å². The maximum Gasteiger partial charge on any atom is 0.248 e. The Morgan fingerprint density at radius 1 is 1.41 bits per heavy atom. The topological polar surface area (TPSA) is 84.2 Å². The maximum absolute atomic E-state index is 13.3. The van der Waals surface area contributed by atoms with Crippen molar-refractivity contribution < 1.29 is 14.0 Å². The van der Waals surface area contributed by atoms with Crippen molar-refractivity contribution in [3.05, 3.63) is 24.0 Å². The van der Waals surface area contributed by atoms with E-state index >= 15 is 0 Å². The normalized spacial score (nSPS) is 9.76. The average Bonchev–Trinajstić information content (AvgIpc) is 2.25. The molecule has 7 heteroatoms. The number of rotatable bonds is 3. The van der Waals surface area contributed by atoms with Crippen LogP contribution in [-0.2, 0) is 9.59 Å². The molecule has 1 aromatic rings. The van der Waals surface area contributed by atoms with Crippen molar-refractivity contribution in [2.75, 3.05) is 11.5 Å². The number of carbonyl (C=O) groups is 2. The lowest BCUT2D eigenvalue weighted by Crippen LogP contribution is -2.41. The van der Waals surface area contributed by atoms with Crippen molar-refractivity contribution in [2.45, 2.75) is 11.8 Å². The van der Waals surface area contributed by atoms with Crippen LogP contribution in [0.15, 0.2) is 23.1 Å². The molecule has 1 aromatic carbocycles. The van der Waals surface area contributed by atoms with Crippen LogP contribution < -0.4 is 16.6 Å². The molecule has 2 amide bonds. The molecule has 0 spiro atoms. The molecule has 17 heavy (non-hydrogen) atoms. The van der Waals surface area contributed by atoms with E-state index in [0.29, 0.717) is 10.6 Å². The highest BCUT2D eigenvalue weighted by Gasteiger charge is 2.07. The van der Waals surface area contributed by atoms with Gasteiger partial charge < -0.3 is 5.73 Å². The molecule has 92 valence electrons. The Morgan fingerprint density at radius 3 is 2.71 bits per heavy atom. The van der Waals surface area contributed by atoms with E-state index in [1.165, 1.54) is 19.1 Å². The first kappa shape index (κ1) is 13.3. The molecule has 0 aromatic heterocycles. The van der Waals surface area contributed by atoms with E-state index in [0.717, 1.165) is 11.8 Å². The van der Waals surface area contributed by atoms with E-state index in [1.807, 2.05) is 0 Å². The van der Waals surface area contributed by atoms with Gasteiger partial charge in [0.2, 0.25) is 11.8 Å². The van der Waals surface area contributed by atoms with E-state index in [2.05, 4.69) is 10.9 Å². The largest absolute Gasteiger partial charge is 0.399 e. The third kappa shape index (κ3) is 4.73. The number of anilines is 1. The Hall–Kier alpha value is -1.76. The zero-order valence-electron chi connectivity index (χ0n) is 9.12. The van der Waals surface area contributed by atoms with Crippen LogP contribution in [0.2, 0.25) is 0 Å². The van der Waals surface area contributed by atoms with Gasteiger partial charge in [-0.1, -0.05) is 0 Å². The summed E-state index contributed by atoms with van der Waals surface area (Å²) in [6.07, 6.45) is 0. The summed E-state index contributed by atoms with van der Waals surface area (Å²) in [4.78, 5) is 22.0. The van der Waals surface area contributed by atoms with Crippen molar-refractivity contribution in [1.29, 1.82) is 0 Å². The minimum atomic E-state index is -0.470. The summed E-state index contributed by atoms with van der Waals surface area (Å²) in [6, 6.07) is 4.24. The van der Waals surface area contributed by atoms with Crippen LogP contribution >= 0.6 is 11.8 Å². The highest BCUT2D eigenvalue weighted by molar-refractivity contribution is 8.00. The predicted molar refractivity (Wildman–Crippen MR) is 63.5 cm³/mol. The predicted octanol–water partition coefficient (Wildman–Crippen LogP) is 0.667. The first-order valence-electron chi connectivity index (χ1n) is 4.72. The van der Waals surface area contributed by atoms with Gasteiger partial charge in [-0.2, -0.15) is 0 Å². The molecule has 0 aliphatic rings. The molecule has 0 saturated heterocycles. The second-order valence-electron chi connectivity index (χ2n) is 3.21. The van der Waals surface area contributed by atoms with E-state index < -0.39 is 11.7 Å². The molecule has 0 unspecified atom stereocenters. The minimum Gasteiger partial charge on any atom is -0.399 e. The van der Waals surface area contributed by atoms with Gasteiger partial charge in [0.1, 0.15) is 5.82 Å². The smallest absolute Gasteiger partial charge is 0.248 e. The molecule has 5 nitrogen and oxygen atoms in total. The van der Waals surface area contributed by atoms with E-state index in [1.54, 1.807) is 6.07 Å². The second-order valence-corrected chi connectivity index (χ2v) is 4.23. The molecular weight excluding hydrogens is 245 g/mol. The van der Waals surface area contributed by atoms with Crippen molar-refractivity contribution in [2.24, 2.45) is 0 Å². The van der Waals surface area contributed by atoms with Gasteiger partial charge in [-0.15, -0.1) is 11.8 Å². The maximum atomic E-state index is 13.3. The highest BCUT2D eigenvalue weighted by Crippen LogP contribution is 2.22. The van der Waals surface area contributed by atoms with Crippen molar-refractivity contribution in [3.8, 4) is 0 Å². The Kier molecular flexibility index (Phi) is 4.77. The van der Waals surface area contributed by atoms with E-state index in [4.69, 9.17) is 5.73 Å². The Bertz CT molecular complexity index is 440. The second kappa shape index (κ2) is 6.09. The van der Waals surface area contributed by atoms with Crippen LogP contribution in [0.4, 0.5) is 10.1 Å². The van der Waals surface area contributed by atoms with Gasteiger partial charge in [-0.05, 0) is 18.2 Å². The fraction of sp³-hybridized carbons (Fsp3) is 0.200. The number of hydrogen-bond acceptors (Lipinski definition) is 4. The lowest BCUT2D eigenvalue weighted by Gasteiger charge is -2.05. The number of hydrogen-bond donors (Lipinski definition) is 3. The summed E-state index contributed by atoms with van der Waals surface area (Å²) in [5.41, 5.74) is 10.0. The van der Waals surface area contributed by atoms with Crippen molar-refractivity contribution in [1.82, 2.24) is 10.9 Å². The van der Waals surface area contributed by atoms with Gasteiger partial charge >= 0.3 is 0 Å². The van der Waals surface area contributed by atoms with Crippen LogP contribution in [0.5, 0.6) is 0 Å². The molecule has 0 radical (unpaired) electrons. The fourth-order valence-corrected chi connectivity index (χ4v) is 1.69. The zero-order valence-corrected chi connectivity index (χ0v) is 9.94. The number of nitrogen functional groups attached to an aromatic ring is 1. The first-order chi connectivity index (χ1) is 7.99. The average molecular weight is 257 g/mol. The number of amides is 2. The number of nitrogens with two attached hydrogens (primary N) is 1.